The lowest BCUT2D eigenvalue weighted by Gasteiger charge is -2.23. The van der Waals surface area contributed by atoms with Crippen molar-refractivity contribution in [1.29, 1.82) is 0 Å². The maximum absolute atomic E-state index is 14.1. The van der Waals surface area contributed by atoms with Crippen LogP contribution in [-0.4, -0.2) is 92.4 Å². The first kappa shape index (κ1) is 26.5. The molecule has 8 nitrogen and oxygen atoms in total. The number of hydrogen-bond acceptors (Lipinski definition) is 8. The van der Waals surface area contributed by atoms with E-state index in [4.69, 9.17) is 4.74 Å². The Hall–Kier alpha value is -2.15. The average Bonchev–Trinajstić information content (AvgIpc) is 2.88. The topological polar surface area (TPSA) is 119 Å². The van der Waals surface area contributed by atoms with Crippen LogP contribution in [0.5, 0.6) is 0 Å². The summed E-state index contributed by atoms with van der Waals surface area (Å²) in [6.07, 6.45) is -4.90. The summed E-state index contributed by atoms with van der Waals surface area (Å²) in [5.74, 6) is -1.42. The third-order valence-corrected chi connectivity index (χ3v) is 5.70. The predicted octanol–water partition coefficient (Wildman–Crippen LogP) is 1.21. The summed E-state index contributed by atoms with van der Waals surface area (Å²) < 4.78 is 46.1. The van der Waals surface area contributed by atoms with E-state index >= 15 is 0 Å². The van der Waals surface area contributed by atoms with Gasteiger partial charge in [0, 0.05) is 24.7 Å². The van der Waals surface area contributed by atoms with Gasteiger partial charge >= 0.3 is 0 Å². The van der Waals surface area contributed by atoms with Crippen molar-refractivity contribution in [1.82, 2.24) is 15.1 Å². The highest BCUT2D eigenvalue weighted by atomic mass is 19.1. The van der Waals surface area contributed by atoms with Crippen molar-refractivity contribution in [2.24, 2.45) is 0 Å². The van der Waals surface area contributed by atoms with Crippen LogP contribution in [0.4, 0.5) is 13.2 Å². The molecule has 1 aliphatic heterocycles. The Kier molecular flexibility index (Phi) is 9.74. The maximum Gasteiger partial charge on any atom is 0.126 e. The van der Waals surface area contributed by atoms with Crippen LogP contribution >= 0.6 is 0 Å². The fourth-order valence-electron chi connectivity index (χ4n) is 3.83. The van der Waals surface area contributed by atoms with Crippen molar-refractivity contribution in [3.05, 3.63) is 47.7 Å². The molecule has 1 aromatic carbocycles. The van der Waals surface area contributed by atoms with E-state index in [0.29, 0.717) is 30.8 Å². The van der Waals surface area contributed by atoms with Crippen LogP contribution in [0.1, 0.15) is 25.0 Å². The van der Waals surface area contributed by atoms with Gasteiger partial charge in [0.05, 0.1) is 36.8 Å². The first-order valence-electron chi connectivity index (χ1n) is 11.2. The number of aliphatic hydroxyl groups excluding tert-OH is 4. The number of alkyl halides is 1. The second-order valence-corrected chi connectivity index (χ2v) is 8.55. The molecule has 1 aliphatic rings. The molecule has 4 N–H and O–H groups in total. The van der Waals surface area contributed by atoms with Crippen molar-refractivity contribution in [3.63, 3.8) is 0 Å². The number of likely N-dealkylation sites (tertiary alicyclic amines) is 1. The third kappa shape index (κ3) is 7.69. The van der Waals surface area contributed by atoms with Crippen molar-refractivity contribution < 1.29 is 38.3 Å². The first-order chi connectivity index (χ1) is 16.2. The molecular formula is C23H30F3N3O5. The lowest BCUT2D eigenvalue weighted by Crippen LogP contribution is -2.43. The maximum atomic E-state index is 14.1. The van der Waals surface area contributed by atoms with Crippen LogP contribution in [0.2, 0.25) is 0 Å². The molecule has 0 unspecified atom stereocenters. The minimum atomic E-state index is -1.41. The Bertz CT molecular complexity index is 872. The molecule has 5 atom stereocenters. The summed E-state index contributed by atoms with van der Waals surface area (Å²) in [7, 11) is 0. The fourth-order valence-corrected chi connectivity index (χ4v) is 3.83. The van der Waals surface area contributed by atoms with Crippen LogP contribution in [0, 0.1) is 11.6 Å². The minimum absolute atomic E-state index is 0.0411. The molecule has 0 amide bonds. The van der Waals surface area contributed by atoms with E-state index in [2.05, 4.69) is 10.2 Å². The highest BCUT2D eigenvalue weighted by molar-refractivity contribution is 5.58. The van der Waals surface area contributed by atoms with Gasteiger partial charge in [-0.1, -0.05) is 0 Å². The summed E-state index contributed by atoms with van der Waals surface area (Å²) >= 11 is 0. The summed E-state index contributed by atoms with van der Waals surface area (Å²) in [4.78, 5) is 1.74. The van der Waals surface area contributed by atoms with E-state index in [1.165, 1.54) is 0 Å². The Morgan fingerprint density at radius 2 is 1.59 bits per heavy atom. The van der Waals surface area contributed by atoms with E-state index in [0.717, 1.165) is 18.2 Å². The van der Waals surface area contributed by atoms with Gasteiger partial charge in [-0.3, -0.25) is 4.90 Å². The fraction of sp³-hybridized carbons (Fsp3) is 0.565. The van der Waals surface area contributed by atoms with Gasteiger partial charge in [0.25, 0.3) is 0 Å². The number of benzene rings is 1. The number of aromatic nitrogens is 2. The number of nitrogens with zero attached hydrogens (tertiary/aromatic N) is 3. The monoisotopic (exact) mass is 485 g/mol. The van der Waals surface area contributed by atoms with Gasteiger partial charge in [0.1, 0.15) is 30.0 Å². The van der Waals surface area contributed by atoms with Crippen LogP contribution in [-0.2, 0) is 11.3 Å². The summed E-state index contributed by atoms with van der Waals surface area (Å²) in [6, 6.07) is 6.23. The molecule has 2 aromatic rings. The molecular weight excluding hydrogens is 455 g/mol. The number of aliphatic hydroxyl groups is 4. The normalized spacial score (nSPS) is 24.7. The highest BCUT2D eigenvalue weighted by Crippen LogP contribution is 2.19. The smallest absolute Gasteiger partial charge is 0.126 e. The number of halogens is 3. The zero-order valence-corrected chi connectivity index (χ0v) is 18.6. The molecule has 0 bridgehead atoms. The predicted molar refractivity (Wildman–Crippen MR) is 116 cm³/mol. The van der Waals surface area contributed by atoms with E-state index in [-0.39, 0.29) is 38.3 Å². The van der Waals surface area contributed by atoms with Gasteiger partial charge in [0.15, 0.2) is 0 Å². The molecule has 2 heterocycles. The van der Waals surface area contributed by atoms with Crippen molar-refractivity contribution in [2.45, 2.75) is 56.5 Å². The van der Waals surface area contributed by atoms with Gasteiger partial charge in [-0.15, -0.1) is 0 Å². The summed E-state index contributed by atoms with van der Waals surface area (Å²) in [5, 5.41) is 47.1. The van der Waals surface area contributed by atoms with Crippen LogP contribution in [0.25, 0.3) is 11.3 Å². The van der Waals surface area contributed by atoms with E-state index < -0.39 is 42.2 Å². The van der Waals surface area contributed by atoms with E-state index in [9.17, 15) is 33.6 Å². The number of β-amino-alcohol motifs (C(OH)–C–C–N with tert-alkyl or cyclic N) is 2. The Morgan fingerprint density at radius 3 is 2.18 bits per heavy atom. The molecule has 1 aromatic heterocycles. The van der Waals surface area contributed by atoms with Crippen LogP contribution < -0.4 is 0 Å². The third-order valence-electron chi connectivity index (χ3n) is 5.70. The lowest BCUT2D eigenvalue weighted by atomic mass is 10.1. The summed E-state index contributed by atoms with van der Waals surface area (Å²) in [5.41, 5.74) is 1.02. The van der Waals surface area contributed by atoms with Crippen molar-refractivity contribution in [2.75, 3.05) is 26.2 Å². The molecule has 0 saturated carbocycles. The van der Waals surface area contributed by atoms with Gasteiger partial charge in [-0.25, -0.2) is 13.2 Å². The van der Waals surface area contributed by atoms with Gasteiger partial charge in [0.2, 0.25) is 0 Å². The zero-order chi connectivity index (χ0) is 24.7. The van der Waals surface area contributed by atoms with Crippen LogP contribution in [0.15, 0.2) is 30.3 Å². The quantitative estimate of drug-likeness (QED) is 0.371. The van der Waals surface area contributed by atoms with Crippen molar-refractivity contribution >= 4 is 0 Å². The molecule has 188 valence electrons. The van der Waals surface area contributed by atoms with Gasteiger partial charge in [-0.2, -0.15) is 10.2 Å². The SMILES string of the molecule is O[C@H]1[C@H](O)[C@@H](O)CN(CCCC[C@H](F)COCc2ccc(-c3cc(F)cc(F)c3)nn2)C[C@@H]1O. The zero-order valence-electron chi connectivity index (χ0n) is 18.6. The van der Waals surface area contributed by atoms with E-state index in [1.54, 1.807) is 17.0 Å². The molecule has 3 rings (SSSR count). The Labute approximate surface area is 195 Å². The summed E-state index contributed by atoms with van der Waals surface area (Å²) in [6.45, 7) is 0.632. The number of unbranched alkanes of at least 4 members (excludes halogenated alkanes) is 1. The Balaban J connectivity index is 1.33. The Morgan fingerprint density at radius 1 is 0.941 bits per heavy atom. The molecule has 1 fully saturated rings. The van der Waals surface area contributed by atoms with Gasteiger partial charge < -0.3 is 25.2 Å². The number of hydrogen-bond donors (Lipinski definition) is 4. The number of ether oxygens (including phenoxy) is 1. The second kappa shape index (κ2) is 12.5. The molecule has 34 heavy (non-hydrogen) atoms. The standard InChI is InChI=1S/C23H30F3N3O5/c24-15(3-1-2-6-29-10-20(30)22(32)23(33)21(31)11-29)12-34-13-18-4-5-19(28-27-18)14-7-16(25)9-17(26)8-14/h4-5,7-9,15,20-23,30-33H,1-3,6,10-13H2/t15-,20-,21-,22+,23+/m0/s1. The minimum Gasteiger partial charge on any atom is -0.389 e. The molecule has 11 heteroatoms. The molecule has 0 spiro atoms. The number of rotatable bonds is 10. The van der Waals surface area contributed by atoms with E-state index in [1.807, 2.05) is 0 Å². The first-order valence-corrected chi connectivity index (χ1v) is 11.2. The highest BCUT2D eigenvalue weighted by Gasteiger charge is 2.35. The second-order valence-electron chi connectivity index (χ2n) is 8.55. The van der Waals surface area contributed by atoms with Gasteiger partial charge in [-0.05, 0) is 50.1 Å². The largest absolute Gasteiger partial charge is 0.389 e. The van der Waals surface area contributed by atoms with Crippen LogP contribution in [0.3, 0.4) is 0 Å². The van der Waals surface area contributed by atoms with Crippen molar-refractivity contribution in [3.8, 4) is 11.3 Å². The molecule has 0 radical (unpaired) electrons. The molecule has 0 aliphatic carbocycles. The molecule has 1 saturated heterocycles. The average molecular weight is 486 g/mol. The lowest BCUT2D eigenvalue weighted by molar-refractivity contribution is -0.0894.